The fourth-order valence-corrected chi connectivity index (χ4v) is 2.33. The molecule has 126 valence electrons. The van der Waals surface area contributed by atoms with Crippen molar-refractivity contribution in [2.45, 2.75) is 91.5 Å². The third kappa shape index (κ3) is 17.4. The molecule has 0 bridgehead atoms. The van der Waals surface area contributed by atoms with E-state index in [1.807, 2.05) is 0 Å². The van der Waals surface area contributed by atoms with Gasteiger partial charge in [-0.25, -0.2) is 0 Å². The number of carbonyl (C=O) groups is 1. The van der Waals surface area contributed by atoms with Gasteiger partial charge in [-0.1, -0.05) is 53.4 Å². The third-order valence-electron chi connectivity index (χ3n) is 3.66. The lowest BCUT2D eigenvalue weighted by atomic mass is 10.1. The van der Waals surface area contributed by atoms with Crippen LogP contribution in [0.4, 0.5) is 0 Å². The maximum absolute atomic E-state index is 11.6. The molecule has 0 aliphatic rings. The number of hydrogen-bond acceptors (Lipinski definition) is 2. The van der Waals surface area contributed by atoms with Gasteiger partial charge >= 0.3 is 0 Å². The molecule has 0 fully saturated rings. The first kappa shape index (κ1) is 20.4. The summed E-state index contributed by atoms with van der Waals surface area (Å²) in [5.41, 5.74) is 0. The Morgan fingerprint density at radius 2 is 1.43 bits per heavy atom. The van der Waals surface area contributed by atoms with Crippen LogP contribution in [0.1, 0.15) is 85.5 Å². The van der Waals surface area contributed by atoms with Gasteiger partial charge in [0.2, 0.25) is 5.91 Å². The number of carbonyl (C=O) groups excluding carboxylic acids is 1. The highest BCUT2D eigenvalue weighted by molar-refractivity contribution is 5.75. The van der Waals surface area contributed by atoms with E-state index in [9.17, 15) is 4.79 Å². The molecule has 0 saturated carbocycles. The average Bonchev–Trinajstić information content (AvgIpc) is 2.41. The van der Waals surface area contributed by atoms with E-state index >= 15 is 0 Å². The molecule has 0 radical (unpaired) electrons. The smallest absolute Gasteiger partial charge is 0.219 e. The number of unbranched alkanes of at least 4 members (excludes halogenated alkanes) is 5. The topological polar surface area (TPSA) is 41.1 Å². The summed E-state index contributed by atoms with van der Waals surface area (Å²) in [5, 5.41) is 6.46. The summed E-state index contributed by atoms with van der Waals surface area (Å²) in [6.45, 7) is 10.8. The SMILES string of the molecule is CC(C)CCCNC(=O)CCCCCCCCNC(C)C. The van der Waals surface area contributed by atoms with Crippen LogP contribution >= 0.6 is 0 Å². The Hall–Kier alpha value is -0.570. The van der Waals surface area contributed by atoms with Crippen LogP contribution in [0.15, 0.2) is 0 Å². The van der Waals surface area contributed by atoms with E-state index in [1.165, 1.54) is 38.5 Å². The van der Waals surface area contributed by atoms with Crippen LogP contribution in [0.2, 0.25) is 0 Å². The molecular formula is C18H38N2O. The highest BCUT2D eigenvalue weighted by Gasteiger charge is 2.01. The Bertz CT molecular complexity index is 239. The molecule has 0 aromatic heterocycles. The van der Waals surface area contributed by atoms with Crippen molar-refractivity contribution >= 4 is 5.91 Å². The lowest BCUT2D eigenvalue weighted by Gasteiger charge is -2.08. The molecule has 21 heavy (non-hydrogen) atoms. The quantitative estimate of drug-likeness (QED) is 0.470. The molecule has 1 amide bonds. The lowest BCUT2D eigenvalue weighted by Crippen LogP contribution is -2.24. The van der Waals surface area contributed by atoms with Crippen LogP contribution in [0, 0.1) is 5.92 Å². The maximum atomic E-state index is 11.6. The first-order valence-corrected chi connectivity index (χ1v) is 9.02. The van der Waals surface area contributed by atoms with E-state index in [0.717, 1.165) is 31.8 Å². The highest BCUT2D eigenvalue weighted by Crippen LogP contribution is 2.07. The minimum absolute atomic E-state index is 0.236. The van der Waals surface area contributed by atoms with Crippen molar-refractivity contribution in [2.24, 2.45) is 5.92 Å². The molecule has 0 heterocycles. The predicted molar refractivity (Wildman–Crippen MR) is 92.5 cm³/mol. The van der Waals surface area contributed by atoms with Gasteiger partial charge in [0.25, 0.3) is 0 Å². The van der Waals surface area contributed by atoms with Gasteiger partial charge in [-0.3, -0.25) is 4.79 Å². The Morgan fingerprint density at radius 1 is 0.810 bits per heavy atom. The van der Waals surface area contributed by atoms with E-state index < -0.39 is 0 Å². The second-order valence-corrected chi connectivity index (χ2v) is 6.87. The van der Waals surface area contributed by atoms with Gasteiger partial charge < -0.3 is 10.6 Å². The highest BCUT2D eigenvalue weighted by atomic mass is 16.1. The molecule has 2 N–H and O–H groups in total. The van der Waals surface area contributed by atoms with Gasteiger partial charge in [0.15, 0.2) is 0 Å². The molecule has 0 unspecified atom stereocenters. The molecule has 0 aliphatic carbocycles. The summed E-state index contributed by atoms with van der Waals surface area (Å²) in [6.07, 6.45) is 10.4. The number of amides is 1. The van der Waals surface area contributed by atoms with Crippen LogP contribution in [0.25, 0.3) is 0 Å². The summed E-state index contributed by atoms with van der Waals surface area (Å²) in [6, 6.07) is 0.601. The molecule has 3 heteroatoms. The minimum Gasteiger partial charge on any atom is -0.356 e. The van der Waals surface area contributed by atoms with Crippen LogP contribution in [0.5, 0.6) is 0 Å². The van der Waals surface area contributed by atoms with Gasteiger partial charge in [0.1, 0.15) is 0 Å². The molecule has 0 aromatic carbocycles. The minimum atomic E-state index is 0.236. The second-order valence-electron chi connectivity index (χ2n) is 6.87. The fourth-order valence-electron chi connectivity index (χ4n) is 2.33. The van der Waals surface area contributed by atoms with E-state index in [2.05, 4.69) is 38.3 Å². The lowest BCUT2D eigenvalue weighted by molar-refractivity contribution is -0.121. The average molecular weight is 299 g/mol. The molecule has 0 aromatic rings. The summed E-state index contributed by atoms with van der Waals surface area (Å²) in [7, 11) is 0. The molecule has 3 nitrogen and oxygen atoms in total. The van der Waals surface area contributed by atoms with Gasteiger partial charge in [0.05, 0.1) is 0 Å². The van der Waals surface area contributed by atoms with Gasteiger partial charge in [-0.15, -0.1) is 0 Å². The molecular weight excluding hydrogens is 260 g/mol. The largest absolute Gasteiger partial charge is 0.356 e. The maximum Gasteiger partial charge on any atom is 0.219 e. The Balaban J connectivity index is 3.18. The summed E-state index contributed by atoms with van der Waals surface area (Å²) in [5.74, 6) is 0.970. The summed E-state index contributed by atoms with van der Waals surface area (Å²) < 4.78 is 0. The van der Waals surface area contributed by atoms with Crippen LogP contribution < -0.4 is 10.6 Å². The molecule has 0 aliphatic heterocycles. The van der Waals surface area contributed by atoms with Crippen molar-refractivity contribution in [3.05, 3.63) is 0 Å². The molecule has 0 rings (SSSR count). The molecule has 0 spiro atoms. The normalized spacial score (nSPS) is 11.3. The zero-order chi connectivity index (χ0) is 15.9. The molecule has 0 atom stereocenters. The Labute approximate surface area is 132 Å². The van der Waals surface area contributed by atoms with Gasteiger partial charge in [0, 0.05) is 19.0 Å². The zero-order valence-corrected chi connectivity index (χ0v) is 14.8. The first-order chi connectivity index (χ1) is 10.0. The van der Waals surface area contributed by atoms with Gasteiger partial charge in [-0.2, -0.15) is 0 Å². The van der Waals surface area contributed by atoms with Crippen molar-refractivity contribution in [3.63, 3.8) is 0 Å². The zero-order valence-electron chi connectivity index (χ0n) is 14.8. The third-order valence-corrected chi connectivity index (χ3v) is 3.66. The van der Waals surface area contributed by atoms with Crippen molar-refractivity contribution in [1.29, 1.82) is 0 Å². The summed E-state index contributed by atoms with van der Waals surface area (Å²) >= 11 is 0. The number of hydrogen-bond donors (Lipinski definition) is 2. The summed E-state index contributed by atoms with van der Waals surface area (Å²) in [4.78, 5) is 11.6. The van der Waals surface area contributed by atoms with E-state index in [-0.39, 0.29) is 5.91 Å². The monoisotopic (exact) mass is 298 g/mol. The first-order valence-electron chi connectivity index (χ1n) is 9.02. The van der Waals surface area contributed by atoms with Crippen LogP contribution in [-0.2, 0) is 4.79 Å². The van der Waals surface area contributed by atoms with Crippen molar-refractivity contribution < 1.29 is 4.79 Å². The van der Waals surface area contributed by atoms with Crippen molar-refractivity contribution in [3.8, 4) is 0 Å². The molecule has 0 saturated heterocycles. The fraction of sp³-hybridized carbons (Fsp3) is 0.944. The van der Waals surface area contributed by atoms with E-state index in [0.29, 0.717) is 12.5 Å². The van der Waals surface area contributed by atoms with Crippen LogP contribution in [0.3, 0.4) is 0 Å². The van der Waals surface area contributed by atoms with Gasteiger partial charge in [-0.05, 0) is 38.1 Å². The van der Waals surface area contributed by atoms with E-state index in [4.69, 9.17) is 0 Å². The number of rotatable bonds is 14. The van der Waals surface area contributed by atoms with E-state index in [1.54, 1.807) is 0 Å². The Kier molecular flexibility index (Phi) is 14.0. The standard InChI is InChI=1S/C18H38N2O/c1-16(2)12-11-15-20-18(21)13-9-7-5-6-8-10-14-19-17(3)4/h16-17,19H,5-15H2,1-4H3,(H,20,21). The second kappa shape index (κ2) is 14.4. The van der Waals surface area contributed by atoms with Crippen molar-refractivity contribution in [1.82, 2.24) is 10.6 Å². The Morgan fingerprint density at radius 3 is 2.05 bits per heavy atom. The number of nitrogens with one attached hydrogen (secondary N) is 2. The van der Waals surface area contributed by atoms with Crippen molar-refractivity contribution in [2.75, 3.05) is 13.1 Å². The van der Waals surface area contributed by atoms with Crippen LogP contribution in [-0.4, -0.2) is 25.0 Å². The predicted octanol–water partition coefficient (Wildman–Crippen LogP) is 4.27.